The van der Waals surface area contributed by atoms with Gasteiger partial charge in [0, 0.05) is 60.3 Å². The topological polar surface area (TPSA) is 118 Å². The van der Waals surface area contributed by atoms with E-state index >= 15 is 4.39 Å². The molecule has 0 unspecified atom stereocenters. The van der Waals surface area contributed by atoms with Gasteiger partial charge in [-0.1, -0.05) is 0 Å². The quantitative estimate of drug-likeness (QED) is 0.484. The van der Waals surface area contributed by atoms with Crippen molar-refractivity contribution in [2.75, 3.05) is 19.8 Å². The number of hydrogen-bond acceptors (Lipinski definition) is 4. The molecule has 0 radical (unpaired) electrons. The Balaban J connectivity index is 2.15. The van der Waals surface area contributed by atoms with Crippen molar-refractivity contribution in [3.05, 3.63) is 53.6 Å². The number of amides is 2. The Morgan fingerprint density at radius 3 is 2.70 bits per heavy atom. The summed E-state index contributed by atoms with van der Waals surface area (Å²) in [7, 11) is 3.05. The molecule has 2 amide bonds. The molecule has 3 rings (SSSR count). The minimum atomic E-state index is -0.709. The first-order chi connectivity index (χ1) is 12.8. The summed E-state index contributed by atoms with van der Waals surface area (Å²) in [5.74, 6) is -1.81. The average molecular weight is 367 g/mol. The summed E-state index contributed by atoms with van der Waals surface area (Å²) in [5, 5.41) is 0.682. The molecular weight excluding hydrogens is 349 g/mol. The molecule has 0 atom stereocenters. The van der Waals surface area contributed by atoms with Crippen molar-refractivity contribution >= 4 is 34.6 Å². The SMILES string of the molecule is CN(C)C(=O)c1c(N)ccc(-c2cnc3[nH]cc(/C=C/C(N)=O)c3c2)c1F. The summed E-state index contributed by atoms with van der Waals surface area (Å²) in [4.78, 5) is 31.8. The summed E-state index contributed by atoms with van der Waals surface area (Å²) in [6, 6.07) is 4.72. The van der Waals surface area contributed by atoms with E-state index < -0.39 is 17.6 Å². The van der Waals surface area contributed by atoms with E-state index in [0.717, 1.165) is 0 Å². The van der Waals surface area contributed by atoms with Crippen molar-refractivity contribution in [3.63, 3.8) is 0 Å². The summed E-state index contributed by atoms with van der Waals surface area (Å²) in [6.45, 7) is 0. The molecule has 3 aromatic rings. The molecule has 2 aromatic heterocycles. The van der Waals surface area contributed by atoms with Gasteiger partial charge in [-0.3, -0.25) is 9.59 Å². The molecule has 5 N–H and O–H groups in total. The number of nitrogens with two attached hydrogens (primary N) is 2. The Morgan fingerprint density at radius 1 is 1.30 bits per heavy atom. The molecule has 0 aliphatic heterocycles. The van der Waals surface area contributed by atoms with Crippen LogP contribution in [0.5, 0.6) is 0 Å². The fourth-order valence-electron chi connectivity index (χ4n) is 2.74. The van der Waals surface area contributed by atoms with Gasteiger partial charge in [0.2, 0.25) is 5.91 Å². The van der Waals surface area contributed by atoms with Gasteiger partial charge >= 0.3 is 0 Å². The van der Waals surface area contributed by atoms with Crippen molar-refractivity contribution in [1.82, 2.24) is 14.9 Å². The predicted molar refractivity (Wildman–Crippen MR) is 102 cm³/mol. The van der Waals surface area contributed by atoms with E-state index in [1.165, 1.54) is 43.4 Å². The number of fused-ring (bicyclic) bond motifs is 1. The van der Waals surface area contributed by atoms with Crippen LogP contribution in [0.25, 0.3) is 28.2 Å². The van der Waals surface area contributed by atoms with E-state index in [1.54, 1.807) is 18.3 Å². The third-order valence-electron chi connectivity index (χ3n) is 4.10. The zero-order valence-electron chi connectivity index (χ0n) is 14.8. The minimum Gasteiger partial charge on any atom is -0.398 e. The standard InChI is InChI=1S/C19H18FN5O2/c1-25(2)19(27)16-14(21)5-4-12(17(16)20)11-7-13-10(3-6-15(22)26)8-23-18(13)24-9-11/h3-9H,21H2,1-2H3,(H2,22,26)(H,23,24)/b6-3+. The molecule has 2 heterocycles. The van der Waals surface area contributed by atoms with E-state index in [2.05, 4.69) is 9.97 Å². The number of pyridine rings is 1. The number of carbonyl (C=O) groups is 2. The highest BCUT2D eigenvalue weighted by molar-refractivity contribution is 6.01. The lowest BCUT2D eigenvalue weighted by atomic mass is 10.00. The number of halogens is 1. The number of rotatable bonds is 4. The molecule has 7 nitrogen and oxygen atoms in total. The molecule has 0 saturated carbocycles. The van der Waals surface area contributed by atoms with Crippen molar-refractivity contribution in [3.8, 4) is 11.1 Å². The number of benzene rings is 1. The minimum absolute atomic E-state index is 0.0655. The Morgan fingerprint density at radius 2 is 2.04 bits per heavy atom. The van der Waals surface area contributed by atoms with Crippen LogP contribution < -0.4 is 11.5 Å². The number of aromatic amines is 1. The Hall–Kier alpha value is -3.68. The summed E-state index contributed by atoms with van der Waals surface area (Å²) >= 11 is 0. The Kier molecular flexibility index (Phi) is 4.64. The number of aromatic nitrogens is 2. The average Bonchev–Trinajstić information content (AvgIpc) is 3.02. The fourth-order valence-corrected chi connectivity index (χ4v) is 2.74. The number of carbonyl (C=O) groups excluding carboxylic acids is 2. The zero-order chi connectivity index (χ0) is 19.7. The van der Waals surface area contributed by atoms with Gasteiger partial charge in [0.05, 0.1) is 5.56 Å². The highest BCUT2D eigenvalue weighted by Gasteiger charge is 2.21. The lowest BCUT2D eigenvalue weighted by molar-refractivity contribution is -0.113. The number of nitrogens with one attached hydrogen (secondary N) is 1. The molecule has 0 aliphatic carbocycles. The van der Waals surface area contributed by atoms with Crippen LogP contribution in [0.4, 0.5) is 10.1 Å². The fraction of sp³-hybridized carbons (Fsp3) is 0.105. The molecule has 0 aliphatic rings. The second-order valence-electron chi connectivity index (χ2n) is 6.19. The first-order valence-electron chi connectivity index (χ1n) is 8.04. The summed E-state index contributed by atoms with van der Waals surface area (Å²) in [5.41, 5.74) is 12.8. The summed E-state index contributed by atoms with van der Waals surface area (Å²) in [6.07, 6.45) is 5.94. The third-order valence-corrected chi connectivity index (χ3v) is 4.10. The van der Waals surface area contributed by atoms with Gasteiger partial charge in [0.15, 0.2) is 0 Å². The molecule has 8 heteroatoms. The third kappa shape index (κ3) is 3.37. The highest BCUT2D eigenvalue weighted by atomic mass is 19.1. The van der Waals surface area contributed by atoms with Gasteiger partial charge in [0.25, 0.3) is 5.91 Å². The van der Waals surface area contributed by atoms with Crippen LogP contribution in [-0.4, -0.2) is 40.8 Å². The number of H-pyrrole nitrogens is 1. The van der Waals surface area contributed by atoms with Gasteiger partial charge in [0.1, 0.15) is 11.5 Å². The van der Waals surface area contributed by atoms with E-state index in [4.69, 9.17) is 11.5 Å². The van der Waals surface area contributed by atoms with Crippen LogP contribution in [0.15, 0.2) is 36.7 Å². The van der Waals surface area contributed by atoms with Gasteiger partial charge in [-0.15, -0.1) is 0 Å². The van der Waals surface area contributed by atoms with Crippen LogP contribution in [0.3, 0.4) is 0 Å². The van der Waals surface area contributed by atoms with E-state index in [-0.39, 0.29) is 16.8 Å². The van der Waals surface area contributed by atoms with Gasteiger partial charge in [-0.2, -0.15) is 0 Å². The molecule has 0 saturated heterocycles. The highest BCUT2D eigenvalue weighted by Crippen LogP contribution is 2.31. The maximum atomic E-state index is 15.1. The predicted octanol–water partition coefficient (Wildman–Crippen LogP) is 2.15. The zero-order valence-corrected chi connectivity index (χ0v) is 14.8. The maximum absolute atomic E-state index is 15.1. The Bertz CT molecular complexity index is 1090. The van der Waals surface area contributed by atoms with Crippen molar-refractivity contribution in [1.29, 1.82) is 0 Å². The normalized spacial score (nSPS) is 11.2. The number of nitrogens with zero attached hydrogens (tertiary/aromatic N) is 2. The molecule has 0 fully saturated rings. The van der Waals surface area contributed by atoms with Crippen LogP contribution in [0.1, 0.15) is 15.9 Å². The summed E-state index contributed by atoms with van der Waals surface area (Å²) < 4.78 is 15.1. The molecule has 138 valence electrons. The van der Waals surface area contributed by atoms with E-state index in [1.807, 2.05) is 0 Å². The second kappa shape index (κ2) is 6.91. The van der Waals surface area contributed by atoms with E-state index in [0.29, 0.717) is 22.2 Å². The number of hydrogen-bond donors (Lipinski definition) is 3. The van der Waals surface area contributed by atoms with Gasteiger partial charge in [-0.05, 0) is 24.3 Å². The first-order valence-corrected chi connectivity index (χ1v) is 8.04. The molecular formula is C19H18FN5O2. The molecule has 0 bridgehead atoms. The second-order valence-corrected chi connectivity index (χ2v) is 6.19. The lowest BCUT2D eigenvalue weighted by Crippen LogP contribution is -2.24. The van der Waals surface area contributed by atoms with Gasteiger partial charge < -0.3 is 21.4 Å². The Labute approximate surface area is 154 Å². The number of primary amides is 1. The molecule has 27 heavy (non-hydrogen) atoms. The lowest BCUT2D eigenvalue weighted by Gasteiger charge is -2.15. The van der Waals surface area contributed by atoms with Crippen molar-refractivity contribution in [2.45, 2.75) is 0 Å². The largest absolute Gasteiger partial charge is 0.398 e. The maximum Gasteiger partial charge on any atom is 0.258 e. The monoisotopic (exact) mass is 367 g/mol. The smallest absolute Gasteiger partial charge is 0.258 e. The van der Waals surface area contributed by atoms with Crippen LogP contribution in [0, 0.1) is 5.82 Å². The molecule has 1 aromatic carbocycles. The van der Waals surface area contributed by atoms with Crippen molar-refractivity contribution in [2.24, 2.45) is 5.73 Å². The van der Waals surface area contributed by atoms with Gasteiger partial charge in [-0.25, -0.2) is 9.37 Å². The number of nitrogen functional groups attached to an aromatic ring is 1. The number of anilines is 1. The first kappa shape index (κ1) is 18.1. The van der Waals surface area contributed by atoms with Crippen LogP contribution in [0.2, 0.25) is 0 Å². The van der Waals surface area contributed by atoms with E-state index in [9.17, 15) is 9.59 Å². The van der Waals surface area contributed by atoms with Crippen molar-refractivity contribution < 1.29 is 14.0 Å². The van der Waals surface area contributed by atoms with Crippen LogP contribution >= 0.6 is 0 Å². The molecule has 0 spiro atoms. The van der Waals surface area contributed by atoms with Crippen LogP contribution in [-0.2, 0) is 4.79 Å².